The number of ether oxygens (including phenoxy) is 6. The third-order valence-corrected chi connectivity index (χ3v) is 18.3. The summed E-state index contributed by atoms with van der Waals surface area (Å²) in [4.78, 5) is 13.4. The van der Waals surface area contributed by atoms with Gasteiger partial charge in [0.05, 0.1) is 38.6 Å². The molecule has 17 unspecified atom stereocenters. The lowest BCUT2D eigenvalue weighted by Crippen LogP contribution is -2.66. The molecule has 0 aromatic heterocycles. The van der Waals surface area contributed by atoms with Crippen LogP contribution in [0.15, 0.2) is 48.6 Å². The molecule has 1 amide bonds. The molecule has 3 fully saturated rings. The van der Waals surface area contributed by atoms with Gasteiger partial charge >= 0.3 is 0 Å². The van der Waals surface area contributed by atoms with Gasteiger partial charge in [-0.15, -0.1) is 0 Å². The Balaban J connectivity index is 1.44. The Morgan fingerprint density at radius 2 is 0.696 bits per heavy atom. The highest BCUT2D eigenvalue weighted by Crippen LogP contribution is 2.33. The summed E-state index contributed by atoms with van der Waals surface area (Å²) < 4.78 is 34.4. The first-order valence-electron chi connectivity index (χ1n) is 36.9. The summed E-state index contributed by atoms with van der Waals surface area (Å²) in [5.41, 5.74) is 0. The van der Waals surface area contributed by atoms with E-state index in [1.54, 1.807) is 6.08 Å². The van der Waals surface area contributed by atoms with Crippen molar-refractivity contribution in [3.8, 4) is 0 Å². The zero-order valence-corrected chi connectivity index (χ0v) is 57.0. The molecule has 3 rings (SSSR count). The van der Waals surface area contributed by atoms with Crippen LogP contribution in [0.1, 0.15) is 277 Å². The van der Waals surface area contributed by atoms with Crippen LogP contribution in [0.3, 0.4) is 0 Å². The topological polar surface area (TPSA) is 307 Å². The van der Waals surface area contributed by atoms with Crippen LogP contribution in [0.5, 0.6) is 0 Å². The number of carbonyl (C=O) groups is 1. The second kappa shape index (κ2) is 54.7. The molecule has 19 heteroatoms. The number of aliphatic hydroxyl groups excluding tert-OH is 11. The number of hydrogen-bond acceptors (Lipinski definition) is 18. The van der Waals surface area contributed by atoms with Gasteiger partial charge in [-0.25, -0.2) is 0 Å². The Morgan fingerprint density at radius 1 is 0.380 bits per heavy atom. The monoisotopic (exact) mass is 1310 g/mol. The van der Waals surface area contributed by atoms with Crippen LogP contribution in [-0.2, 0) is 33.2 Å². The molecule has 92 heavy (non-hydrogen) atoms. The molecule has 0 aromatic carbocycles. The summed E-state index contributed by atoms with van der Waals surface area (Å²) in [6.45, 7) is 1.73. The molecule has 3 saturated heterocycles. The van der Waals surface area contributed by atoms with E-state index < -0.39 is 124 Å². The van der Waals surface area contributed by atoms with Crippen molar-refractivity contribution in [1.82, 2.24) is 5.32 Å². The van der Waals surface area contributed by atoms with Gasteiger partial charge in [-0.3, -0.25) is 4.79 Å². The maximum absolute atomic E-state index is 13.4. The number of hydrogen-bond donors (Lipinski definition) is 12. The number of unbranched alkanes of at least 4 members (excludes halogenated alkanes) is 35. The Morgan fingerprint density at radius 3 is 1.09 bits per heavy atom. The van der Waals surface area contributed by atoms with Gasteiger partial charge in [-0.05, 0) is 70.6 Å². The Kier molecular flexibility index (Phi) is 50.0. The van der Waals surface area contributed by atoms with E-state index in [1.165, 1.54) is 199 Å². The van der Waals surface area contributed by atoms with E-state index in [2.05, 4.69) is 55.6 Å². The van der Waals surface area contributed by atoms with Gasteiger partial charge in [-0.2, -0.15) is 0 Å². The molecule has 19 nitrogen and oxygen atoms in total. The predicted octanol–water partition coefficient (Wildman–Crippen LogP) is 10.6. The molecule has 0 aliphatic carbocycles. The second-order valence-electron chi connectivity index (χ2n) is 26.4. The van der Waals surface area contributed by atoms with Crippen molar-refractivity contribution in [2.24, 2.45) is 0 Å². The zero-order valence-electron chi connectivity index (χ0n) is 57.0. The first kappa shape index (κ1) is 84.0. The average molecular weight is 1310 g/mol. The Bertz CT molecular complexity index is 1860. The van der Waals surface area contributed by atoms with E-state index in [4.69, 9.17) is 28.4 Å². The molecule has 0 spiro atoms. The lowest BCUT2D eigenvalue weighted by Gasteiger charge is -2.48. The molecule has 538 valence electrons. The van der Waals surface area contributed by atoms with Crippen LogP contribution in [0.4, 0.5) is 0 Å². The number of nitrogens with one attached hydrogen (secondary N) is 1. The van der Waals surface area contributed by atoms with Crippen molar-refractivity contribution in [1.29, 1.82) is 0 Å². The molecule has 0 aromatic rings. The first-order valence-corrected chi connectivity index (χ1v) is 36.9. The molecule has 0 bridgehead atoms. The van der Waals surface area contributed by atoms with Crippen LogP contribution < -0.4 is 5.32 Å². The highest BCUT2D eigenvalue weighted by Gasteiger charge is 2.53. The molecule has 3 heterocycles. The lowest BCUT2D eigenvalue weighted by atomic mass is 9.96. The van der Waals surface area contributed by atoms with E-state index in [0.29, 0.717) is 12.8 Å². The van der Waals surface area contributed by atoms with Crippen molar-refractivity contribution in [3.05, 3.63) is 48.6 Å². The summed E-state index contributed by atoms with van der Waals surface area (Å²) in [7, 11) is 0. The van der Waals surface area contributed by atoms with E-state index in [-0.39, 0.29) is 18.9 Å². The molecular formula is C73H133NO18. The van der Waals surface area contributed by atoms with Crippen LogP contribution in [0, 0.1) is 0 Å². The zero-order chi connectivity index (χ0) is 66.8. The van der Waals surface area contributed by atoms with Crippen LogP contribution in [-0.4, -0.2) is 193 Å². The fourth-order valence-corrected chi connectivity index (χ4v) is 12.3. The molecule has 0 saturated carbocycles. The number of carbonyl (C=O) groups excluding carboxylic acids is 1. The van der Waals surface area contributed by atoms with Crippen LogP contribution >= 0.6 is 0 Å². The summed E-state index contributed by atoms with van der Waals surface area (Å²) >= 11 is 0. The van der Waals surface area contributed by atoms with Gasteiger partial charge in [0.2, 0.25) is 5.91 Å². The van der Waals surface area contributed by atoms with Crippen LogP contribution in [0.25, 0.3) is 0 Å². The lowest BCUT2D eigenvalue weighted by molar-refractivity contribution is -0.379. The molecule has 12 N–H and O–H groups in total. The normalized spacial score (nSPS) is 27.9. The Labute approximate surface area is 554 Å². The second-order valence-corrected chi connectivity index (χ2v) is 26.4. The highest BCUT2D eigenvalue weighted by molar-refractivity contribution is 5.76. The highest BCUT2D eigenvalue weighted by atomic mass is 16.8. The van der Waals surface area contributed by atoms with Gasteiger partial charge in [0, 0.05) is 6.42 Å². The van der Waals surface area contributed by atoms with E-state index in [1.807, 2.05) is 6.08 Å². The third kappa shape index (κ3) is 35.8. The van der Waals surface area contributed by atoms with Gasteiger partial charge < -0.3 is 89.9 Å². The average Bonchev–Trinajstić information content (AvgIpc) is 0.837. The fraction of sp³-hybridized carbons (Fsp3) is 0.877. The third-order valence-electron chi connectivity index (χ3n) is 18.3. The first-order chi connectivity index (χ1) is 44.8. The number of aliphatic hydroxyl groups is 11. The summed E-state index contributed by atoms with van der Waals surface area (Å²) in [5, 5.41) is 121. The number of amides is 1. The maximum Gasteiger partial charge on any atom is 0.220 e. The molecule has 3 aliphatic rings. The van der Waals surface area contributed by atoms with Gasteiger partial charge in [-0.1, -0.05) is 249 Å². The minimum atomic E-state index is -1.98. The van der Waals surface area contributed by atoms with Crippen molar-refractivity contribution < 1.29 is 89.4 Å². The van der Waals surface area contributed by atoms with Crippen molar-refractivity contribution in [3.63, 3.8) is 0 Å². The van der Waals surface area contributed by atoms with Crippen LogP contribution in [0.2, 0.25) is 0 Å². The minimum absolute atomic E-state index is 0.232. The van der Waals surface area contributed by atoms with Gasteiger partial charge in [0.15, 0.2) is 18.9 Å². The summed E-state index contributed by atoms with van der Waals surface area (Å²) in [6, 6.07) is -0.998. The largest absolute Gasteiger partial charge is 0.394 e. The predicted molar refractivity (Wildman–Crippen MR) is 360 cm³/mol. The fourth-order valence-electron chi connectivity index (χ4n) is 12.3. The van der Waals surface area contributed by atoms with Crippen molar-refractivity contribution in [2.75, 3.05) is 26.4 Å². The molecular weight excluding hydrogens is 1180 g/mol. The maximum atomic E-state index is 13.4. The van der Waals surface area contributed by atoms with E-state index in [0.717, 1.165) is 44.9 Å². The smallest absolute Gasteiger partial charge is 0.220 e. The quantitative estimate of drug-likeness (QED) is 0.0199. The standard InChI is InChI=1S/C73H133NO18/c1-3-5-7-9-11-13-15-17-19-21-23-25-27-28-29-31-33-35-37-39-41-43-45-47-49-51-61(79)74-56(57(78)50-48-46-44-42-40-38-36-34-32-30-26-24-22-20-18-16-14-12-10-8-6-4-2)55-87-71-67(85)64(82)69(59(53-76)89-71)92-73-68(86)65(83)70(60(54-77)90-73)91-72-66(84)63(81)62(80)58(52-75)88-72/h21,23,32,34,40,42,48,50,56-60,62-73,75-78,80-86H,3-20,22,24-31,33,35-39,41,43-47,49,51-55H2,1-2H3,(H,74,79)/b23-21-,34-32+,42-40+,50-48+. The van der Waals surface area contributed by atoms with Crippen molar-refractivity contribution >= 4 is 5.91 Å². The van der Waals surface area contributed by atoms with Crippen molar-refractivity contribution in [2.45, 2.75) is 381 Å². The molecule has 3 aliphatic heterocycles. The number of allylic oxidation sites excluding steroid dienone is 7. The van der Waals surface area contributed by atoms with Gasteiger partial charge in [0.1, 0.15) is 73.2 Å². The molecule has 17 atom stereocenters. The van der Waals surface area contributed by atoms with E-state index >= 15 is 0 Å². The SMILES string of the molecule is CCCCCCCCCC/C=C\CCCCCCCCCCCCCCCC(=O)NC(COC1OC(CO)C(OC2OC(CO)C(OC3OC(CO)C(O)C(O)C3O)C(O)C2O)C(O)C1O)C(O)/C=C/CC/C=C/CC/C=C/CCCCCCCCCCCCCC. The Hall–Kier alpha value is -2.25. The van der Waals surface area contributed by atoms with E-state index in [9.17, 15) is 61.0 Å². The van der Waals surface area contributed by atoms with Gasteiger partial charge in [0.25, 0.3) is 0 Å². The number of rotatable bonds is 57. The molecule has 0 radical (unpaired) electrons. The summed E-state index contributed by atoms with van der Waals surface area (Å²) in [6.07, 6.45) is 39.5. The summed E-state index contributed by atoms with van der Waals surface area (Å²) in [5.74, 6) is -0.287. The minimum Gasteiger partial charge on any atom is -0.394 e.